The van der Waals surface area contributed by atoms with Gasteiger partial charge < -0.3 is 4.43 Å². The van der Waals surface area contributed by atoms with Crippen LogP contribution in [0.3, 0.4) is 0 Å². The monoisotopic (exact) mass is 332 g/mol. The molecule has 2 heteroatoms. The van der Waals surface area contributed by atoms with Gasteiger partial charge in [-0.2, -0.15) is 0 Å². The van der Waals surface area contributed by atoms with E-state index in [0.717, 1.165) is 6.42 Å². The van der Waals surface area contributed by atoms with E-state index in [1.165, 1.54) is 23.6 Å². The van der Waals surface area contributed by atoms with E-state index < -0.39 is 8.32 Å². The van der Waals surface area contributed by atoms with Gasteiger partial charge in [0.1, 0.15) is 0 Å². The molecule has 23 heavy (non-hydrogen) atoms. The Hall–Kier alpha value is -0.863. The molecule has 1 aromatic carbocycles. The molecule has 1 nitrogen and oxygen atoms in total. The third-order valence-corrected chi connectivity index (χ3v) is 10.8. The Kier molecular flexibility index (Phi) is 6.85. The molecule has 1 aromatic rings. The topological polar surface area (TPSA) is 9.23 Å². The van der Waals surface area contributed by atoms with Crippen LogP contribution in [0.1, 0.15) is 73.3 Å². The zero-order valence-electron chi connectivity index (χ0n) is 16.3. The van der Waals surface area contributed by atoms with Crippen LogP contribution in [0.2, 0.25) is 10.1 Å². The van der Waals surface area contributed by atoms with Crippen LogP contribution < -0.4 is 0 Å². The average Bonchev–Trinajstić information content (AvgIpc) is 2.43. The average molecular weight is 333 g/mol. The van der Waals surface area contributed by atoms with E-state index in [4.69, 9.17) is 4.43 Å². The third kappa shape index (κ3) is 4.57. The van der Waals surface area contributed by atoms with Crippen LogP contribution in [0.5, 0.6) is 0 Å². The van der Waals surface area contributed by atoms with E-state index >= 15 is 0 Å². The Balaban J connectivity index is 3.19. The molecule has 0 fully saturated rings. The van der Waals surface area contributed by atoms with Crippen molar-refractivity contribution >= 4 is 8.32 Å². The molecule has 0 saturated carbocycles. The number of hydrogen-bond donors (Lipinski definition) is 0. The highest BCUT2D eigenvalue weighted by Gasteiger charge is 2.56. The maximum absolute atomic E-state index is 6.84. The summed E-state index contributed by atoms with van der Waals surface area (Å²) in [6, 6.07) is 10.5. The Morgan fingerprint density at radius 1 is 1.00 bits per heavy atom. The lowest BCUT2D eigenvalue weighted by Gasteiger charge is -2.52. The Morgan fingerprint density at radius 3 is 1.96 bits per heavy atom. The van der Waals surface area contributed by atoms with E-state index in [9.17, 15) is 0 Å². The molecular formula is C21H36OSi. The zero-order valence-corrected chi connectivity index (χ0v) is 17.3. The van der Waals surface area contributed by atoms with Crippen molar-refractivity contribution in [3.63, 3.8) is 0 Å². The number of hydrogen-bond acceptors (Lipinski definition) is 1. The van der Waals surface area contributed by atoms with Crippen LogP contribution in [0.25, 0.3) is 0 Å². The standard InChI is InChI=1S/C21H36OSi/c1-9-10-14-18(2)23(20(3,4)5,21(6,7)8)22-17-19-15-12-11-13-16-19/h11-13,15-16H,2,9-10,14,17H2,1,3-8H3. The summed E-state index contributed by atoms with van der Waals surface area (Å²) in [4.78, 5) is 0. The first-order valence-corrected chi connectivity index (χ1v) is 10.8. The summed E-state index contributed by atoms with van der Waals surface area (Å²) in [5, 5.41) is 1.60. The van der Waals surface area contributed by atoms with Crippen molar-refractivity contribution in [2.75, 3.05) is 0 Å². The molecule has 0 radical (unpaired) electrons. The maximum Gasteiger partial charge on any atom is 0.230 e. The lowest BCUT2D eigenvalue weighted by Crippen LogP contribution is -2.56. The normalized spacial score (nSPS) is 13.2. The highest BCUT2D eigenvalue weighted by atomic mass is 28.4. The van der Waals surface area contributed by atoms with Gasteiger partial charge in [0.05, 0.1) is 6.61 Å². The summed E-state index contributed by atoms with van der Waals surface area (Å²) in [6.45, 7) is 21.5. The van der Waals surface area contributed by atoms with Gasteiger partial charge in [-0.05, 0) is 22.1 Å². The quantitative estimate of drug-likeness (QED) is 0.487. The van der Waals surface area contributed by atoms with Gasteiger partial charge in [0, 0.05) is 0 Å². The van der Waals surface area contributed by atoms with E-state index in [0.29, 0.717) is 6.61 Å². The largest absolute Gasteiger partial charge is 0.407 e. The first-order chi connectivity index (χ1) is 10.6. The molecule has 130 valence electrons. The first-order valence-electron chi connectivity index (χ1n) is 8.92. The zero-order chi connectivity index (χ0) is 17.7. The van der Waals surface area contributed by atoms with Gasteiger partial charge >= 0.3 is 0 Å². The summed E-state index contributed by atoms with van der Waals surface area (Å²) in [5.74, 6) is 0. The van der Waals surface area contributed by atoms with Crippen molar-refractivity contribution in [2.45, 2.75) is 84.4 Å². The second-order valence-electron chi connectivity index (χ2n) is 8.66. The first kappa shape index (κ1) is 20.2. The molecule has 0 amide bonds. The predicted octanol–water partition coefficient (Wildman–Crippen LogP) is 7.03. The fraction of sp³-hybridized carbons (Fsp3) is 0.619. The summed E-state index contributed by atoms with van der Waals surface area (Å²) in [5.41, 5.74) is 1.25. The van der Waals surface area contributed by atoms with Crippen LogP contribution >= 0.6 is 0 Å². The summed E-state index contributed by atoms with van der Waals surface area (Å²) in [7, 11) is -2.22. The Labute approximate surface area is 145 Å². The van der Waals surface area contributed by atoms with Crippen LogP contribution in [-0.2, 0) is 11.0 Å². The fourth-order valence-electron chi connectivity index (χ4n) is 4.05. The third-order valence-electron chi connectivity index (χ3n) is 4.74. The van der Waals surface area contributed by atoms with Gasteiger partial charge in [-0.1, -0.05) is 96.8 Å². The van der Waals surface area contributed by atoms with Gasteiger partial charge in [0.25, 0.3) is 0 Å². The van der Waals surface area contributed by atoms with E-state index in [1.54, 1.807) is 0 Å². The predicted molar refractivity (Wildman–Crippen MR) is 105 cm³/mol. The molecule has 0 aliphatic rings. The molecule has 0 heterocycles. The molecule has 0 N–H and O–H groups in total. The Bertz CT molecular complexity index is 477. The molecule has 0 aliphatic carbocycles. The minimum atomic E-state index is -2.22. The van der Waals surface area contributed by atoms with Crippen molar-refractivity contribution in [3.8, 4) is 0 Å². The van der Waals surface area contributed by atoms with Crippen LogP contribution in [0.15, 0.2) is 42.1 Å². The van der Waals surface area contributed by atoms with Crippen molar-refractivity contribution in [3.05, 3.63) is 47.7 Å². The highest BCUT2D eigenvalue weighted by molar-refractivity contribution is 6.85. The molecule has 0 bridgehead atoms. The lowest BCUT2D eigenvalue weighted by molar-refractivity contribution is 0.251. The van der Waals surface area contributed by atoms with Crippen molar-refractivity contribution in [1.82, 2.24) is 0 Å². The fourth-order valence-corrected chi connectivity index (χ4v) is 10.4. The number of unbranched alkanes of at least 4 members (excludes halogenated alkanes) is 1. The van der Waals surface area contributed by atoms with Gasteiger partial charge in [0.15, 0.2) is 0 Å². The van der Waals surface area contributed by atoms with Crippen molar-refractivity contribution in [2.24, 2.45) is 0 Å². The summed E-state index contributed by atoms with van der Waals surface area (Å²) < 4.78 is 6.84. The highest BCUT2D eigenvalue weighted by Crippen LogP contribution is 2.56. The summed E-state index contributed by atoms with van der Waals surface area (Å²) in [6.07, 6.45) is 3.50. The van der Waals surface area contributed by atoms with Gasteiger partial charge in [-0.3, -0.25) is 0 Å². The van der Waals surface area contributed by atoms with Crippen LogP contribution in [-0.4, -0.2) is 8.32 Å². The number of benzene rings is 1. The molecule has 1 rings (SSSR count). The lowest BCUT2D eigenvalue weighted by atomic mass is 10.2. The van der Waals surface area contributed by atoms with Crippen molar-refractivity contribution in [1.29, 1.82) is 0 Å². The van der Waals surface area contributed by atoms with Crippen LogP contribution in [0, 0.1) is 0 Å². The van der Waals surface area contributed by atoms with Crippen molar-refractivity contribution < 1.29 is 4.43 Å². The molecule has 0 saturated heterocycles. The molecule has 0 aliphatic heterocycles. The Morgan fingerprint density at radius 2 is 1.52 bits per heavy atom. The second kappa shape index (κ2) is 7.81. The van der Waals surface area contributed by atoms with E-state index in [1.807, 2.05) is 0 Å². The summed E-state index contributed by atoms with van der Waals surface area (Å²) >= 11 is 0. The SMILES string of the molecule is C=C(CCCC)[Si](OCc1ccccc1)(C(C)(C)C)C(C)(C)C. The molecular weight excluding hydrogens is 296 g/mol. The molecule has 0 spiro atoms. The van der Waals surface area contributed by atoms with Gasteiger partial charge in [-0.25, -0.2) is 0 Å². The molecule has 0 aromatic heterocycles. The number of allylic oxidation sites excluding steroid dienone is 1. The van der Waals surface area contributed by atoms with Gasteiger partial charge in [0.2, 0.25) is 8.32 Å². The molecule has 0 unspecified atom stereocenters. The van der Waals surface area contributed by atoms with E-state index in [2.05, 4.69) is 85.4 Å². The van der Waals surface area contributed by atoms with Crippen LogP contribution in [0.4, 0.5) is 0 Å². The van der Waals surface area contributed by atoms with E-state index in [-0.39, 0.29) is 10.1 Å². The maximum atomic E-state index is 6.84. The molecule has 0 atom stereocenters. The smallest absolute Gasteiger partial charge is 0.230 e. The second-order valence-corrected chi connectivity index (χ2v) is 14.0. The number of rotatable bonds is 7. The minimum Gasteiger partial charge on any atom is -0.407 e. The van der Waals surface area contributed by atoms with Gasteiger partial charge in [-0.15, -0.1) is 6.58 Å². The minimum absolute atomic E-state index is 0.116.